The molecular formula is C14H20ClNO. The molecule has 1 N–H and O–H groups in total. The number of aliphatic hydroxyl groups excluding tert-OH is 1. The van der Waals surface area contributed by atoms with Gasteiger partial charge in [-0.05, 0) is 42.0 Å². The average Bonchev–Trinajstić information content (AvgIpc) is 2.28. The largest absolute Gasteiger partial charge is 0.396 e. The van der Waals surface area contributed by atoms with Crippen molar-refractivity contribution in [3.63, 3.8) is 0 Å². The van der Waals surface area contributed by atoms with Crippen LogP contribution in [0.15, 0.2) is 24.3 Å². The number of hydrogen-bond donors (Lipinski definition) is 1. The monoisotopic (exact) mass is 253 g/mol. The molecule has 1 heterocycles. The van der Waals surface area contributed by atoms with Gasteiger partial charge in [0.1, 0.15) is 0 Å². The standard InChI is InChI=1S/C14H20ClNO/c1-14(2)10-16(8-7-11(14)9-17)13-5-3-12(15)4-6-13/h3-6,11,17H,7-10H2,1-2H3. The van der Waals surface area contributed by atoms with Crippen LogP contribution in [-0.2, 0) is 0 Å². The second-order valence-corrected chi connectivity index (χ2v) is 5.99. The van der Waals surface area contributed by atoms with E-state index in [4.69, 9.17) is 11.6 Å². The van der Waals surface area contributed by atoms with Crippen molar-refractivity contribution in [1.29, 1.82) is 0 Å². The minimum Gasteiger partial charge on any atom is -0.396 e. The highest BCUT2D eigenvalue weighted by Gasteiger charge is 2.35. The fourth-order valence-electron chi connectivity index (χ4n) is 2.61. The van der Waals surface area contributed by atoms with E-state index < -0.39 is 0 Å². The summed E-state index contributed by atoms with van der Waals surface area (Å²) in [4.78, 5) is 2.38. The van der Waals surface area contributed by atoms with Gasteiger partial charge < -0.3 is 10.0 Å². The number of rotatable bonds is 2. The van der Waals surface area contributed by atoms with Gasteiger partial charge in [-0.1, -0.05) is 25.4 Å². The SMILES string of the molecule is CC1(C)CN(c2ccc(Cl)cc2)CCC1CO. The molecule has 1 fully saturated rings. The second-order valence-electron chi connectivity index (χ2n) is 5.55. The van der Waals surface area contributed by atoms with E-state index in [1.165, 1.54) is 5.69 Å². The molecular weight excluding hydrogens is 234 g/mol. The van der Waals surface area contributed by atoms with E-state index in [0.717, 1.165) is 24.5 Å². The lowest BCUT2D eigenvalue weighted by atomic mass is 9.74. The van der Waals surface area contributed by atoms with E-state index in [1.54, 1.807) is 0 Å². The molecule has 0 bridgehead atoms. The first-order chi connectivity index (χ1) is 8.03. The fourth-order valence-corrected chi connectivity index (χ4v) is 2.74. The van der Waals surface area contributed by atoms with Gasteiger partial charge in [-0.2, -0.15) is 0 Å². The Balaban J connectivity index is 2.12. The van der Waals surface area contributed by atoms with Crippen molar-refractivity contribution in [2.75, 3.05) is 24.6 Å². The zero-order chi connectivity index (χ0) is 12.5. The van der Waals surface area contributed by atoms with Crippen LogP contribution >= 0.6 is 11.6 Å². The van der Waals surface area contributed by atoms with Crippen LogP contribution in [0.4, 0.5) is 5.69 Å². The van der Waals surface area contributed by atoms with Crippen molar-refractivity contribution in [1.82, 2.24) is 0 Å². The van der Waals surface area contributed by atoms with Crippen molar-refractivity contribution < 1.29 is 5.11 Å². The summed E-state index contributed by atoms with van der Waals surface area (Å²) < 4.78 is 0. The lowest BCUT2D eigenvalue weighted by Gasteiger charge is -2.44. The van der Waals surface area contributed by atoms with Gasteiger partial charge in [0, 0.05) is 30.4 Å². The predicted octanol–water partition coefficient (Wildman–Crippen LogP) is 3.18. The van der Waals surface area contributed by atoms with E-state index in [-0.39, 0.29) is 5.41 Å². The summed E-state index contributed by atoms with van der Waals surface area (Å²) in [6.07, 6.45) is 1.05. The number of halogens is 1. The van der Waals surface area contributed by atoms with Crippen LogP contribution in [0.25, 0.3) is 0 Å². The number of benzene rings is 1. The smallest absolute Gasteiger partial charge is 0.0465 e. The van der Waals surface area contributed by atoms with E-state index in [0.29, 0.717) is 12.5 Å². The molecule has 1 atom stereocenters. The van der Waals surface area contributed by atoms with Gasteiger partial charge in [0.05, 0.1) is 0 Å². The summed E-state index contributed by atoms with van der Waals surface area (Å²) in [5.41, 5.74) is 1.38. The lowest BCUT2D eigenvalue weighted by Crippen LogP contribution is -2.47. The first kappa shape index (κ1) is 12.7. The van der Waals surface area contributed by atoms with E-state index in [9.17, 15) is 5.11 Å². The van der Waals surface area contributed by atoms with Gasteiger partial charge >= 0.3 is 0 Å². The third-order valence-electron chi connectivity index (χ3n) is 3.86. The highest BCUT2D eigenvalue weighted by atomic mass is 35.5. The van der Waals surface area contributed by atoms with Gasteiger partial charge in [-0.25, -0.2) is 0 Å². The van der Waals surface area contributed by atoms with Crippen LogP contribution in [0.3, 0.4) is 0 Å². The molecule has 3 heteroatoms. The number of nitrogens with zero attached hydrogens (tertiary/aromatic N) is 1. The summed E-state index contributed by atoms with van der Waals surface area (Å²) in [7, 11) is 0. The molecule has 0 aliphatic carbocycles. The molecule has 1 saturated heterocycles. The molecule has 17 heavy (non-hydrogen) atoms. The van der Waals surface area contributed by atoms with Crippen LogP contribution in [0, 0.1) is 11.3 Å². The molecule has 94 valence electrons. The Labute approximate surface area is 108 Å². The normalized spacial score (nSPS) is 23.8. The molecule has 1 aliphatic rings. The quantitative estimate of drug-likeness (QED) is 0.875. The number of piperidine rings is 1. The first-order valence-corrected chi connectivity index (χ1v) is 6.52. The zero-order valence-corrected chi connectivity index (χ0v) is 11.2. The van der Waals surface area contributed by atoms with E-state index in [2.05, 4.69) is 30.9 Å². The zero-order valence-electron chi connectivity index (χ0n) is 10.5. The Hall–Kier alpha value is -0.730. The molecule has 1 aliphatic heterocycles. The van der Waals surface area contributed by atoms with Crippen LogP contribution in [0.5, 0.6) is 0 Å². The number of anilines is 1. The van der Waals surface area contributed by atoms with Crippen LogP contribution in [0.2, 0.25) is 5.02 Å². The van der Waals surface area contributed by atoms with Gasteiger partial charge in [0.25, 0.3) is 0 Å². The molecule has 1 aromatic rings. The molecule has 0 saturated carbocycles. The van der Waals surface area contributed by atoms with Crippen molar-refractivity contribution in [3.05, 3.63) is 29.3 Å². The summed E-state index contributed by atoms with van der Waals surface area (Å²) in [5, 5.41) is 10.2. The maximum atomic E-state index is 9.38. The molecule has 2 nitrogen and oxygen atoms in total. The van der Waals surface area contributed by atoms with Gasteiger partial charge in [-0.15, -0.1) is 0 Å². The third kappa shape index (κ3) is 2.75. The lowest BCUT2D eigenvalue weighted by molar-refractivity contribution is 0.0973. The van der Waals surface area contributed by atoms with Crippen molar-refractivity contribution in [3.8, 4) is 0 Å². The maximum Gasteiger partial charge on any atom is 0.0465 e. The van der Waals surface area contributed by atoms with Gasteiger partial charge in [0.15, 0.2) is 0 Å². The van der Waals surface area contributed by atoms with E-state index >= 15 is 0 Å². The van der Waals surface area contributed by atoms with Crippen LogP contribution < -0.4 is 4.90 Å². The molecule has 1 aromatic carbocycles. The Kier molecular flexibility index (Phi) is 3.64. The Morgan fingerprint density at radius 3 is 2.53 bits per heavy atom. The second kappa shape index (κ2) is 4.87. The molecule has 0 aromatic heterocycles. The van der Waals surface area contributed by atoms with Crippen molar-refractivity contribution in [2.45, 2.75) is 20.3 Å². The predicted molar refractivity (Wildman–Crippen MR) is 72.6 cm³/mol. The number of hydrogen-bond acceptors (Lipinski definition) is 2. The molecule has 0 radical (unpaired) electrons. The topological polar surface area (TPSA) is 23.5 Å². The molecule has 0 spiro atoms. The van der Waals surface area contributed by atoms with E-state index in [1.807, 2.05) is 12.1 Å². The maximum absolute atomic E-state index is 9.38. The van der Waals surface area contributed by atoms with Crippen molar-refractivity contribution in [2.24, 2.45) is 11.3 Å². The van der Waals surface area contributed by atoms with Crippen LogP contribution in [0.1, 0.15) is 20.3 Å². The minimum atomic E-state index is 0.159. The Morgan fingerprint density at radius 2 is 2.00 bits per heavy atom. The van der Waals surface area contributed by atoms with Gasteiger partial charge in [0.2, 0.25) is 0 Å². The third-order valence-corrected chi connectivity index (χ3v) is 4.12. The molecule has 0 amide bonds. The van der Waals surface area contributed by atoms with Gasteiger partial charge in [-0.3, -0.25) is 0 Å². The fraction of sp³-hybridized carbons (Fsp3) is 0.571. The van der Waals surface area contributed by atoms with Crippen molar-refractivity contribution >= 4 is 17.3 Å². The first-order valence-electron chi connectivity index (χ1n) is 6.14. The highest BCUT2D eigenvalue weighted by Crippen LogP contribution is 2.36. The Bertz CT molecular complexity index is 374. The highest BCUT2D eigenvalue weighted by molar-refractivity contribution is 6.30. The summed E-state index contributed by atoms with van der Waals surface area (Å²) >= 11 is 5.90. The summed E-state index contributed by atoms with van der Waals surface area (Å²) in [6, 6.07) is 8.00. The average molecular weight is 254 g/mol. The van der Waals surface area contributed by atoms with Crippen LogP contribution in [-0.4, -0.2) is 24.8 Å². The molecule has 2 rings (SSSR count). The molecule has 1 unspecified atom stereocenters. The minimum absolute atomic E-state index is 0.159. The summed E-state index contributed by atoms with van der Waals surface area (Å²) in [5.74, 6) is 0.408. The Morgan fingerprint density at radius 1 is 1.35 bits per heavy atom. The number of aliphatic hydroxyl groups is 1. The summed E-state index contributed by atoms with van der Waals surface area (Å²) in [6.45, 7) is 6.75.